The van der Waals surface area contributed by atoms with E-state index in [9.17, 15) is 14.0 Å². The molecule has 0 saturated carbocycles. The maximum absolute atomic E-state index is 13.3. The lowest BCUT2D eigenvalue weighted by Gasteiger charge is -2.14. The molecular weight excluding hydrogens is 367 g/mol. The van der Waals surface area contributed by atoms with E-state index in [1.807, 2.05) is 13.1 Å². The van der Waals surface area contributed by atoms with Crippen molar-refractivity contribution in [1.82, 2.24) is 0 Å². The third-order valence-electron chi connectivity index (χ3n) is 4.51. The highest BCUT2D eigenvalue weighted by atomic mass is 32.1. The number of fused-ring (bicyclic) bond motifs is 1. The number of anilines is 1. The average molecular weight is 391 g/mol. The number of halogens is 1. The Morgan fingerprint density at radius 3 is 2.89 bits per heavy atom. The third kappa shape index (κ3) is 4.73. The third-order valence-corrected chi connectivity index (χ3v) is 5.72. The lowest BCUT2D eigenvalue weighted by Crippen LogP contribution is -3.08. The lowest BCUT2D eigenvalue weighted by atomic mass is 10.1. The summed E-state index contributed by atoms with van der Waals surface area (Å²) in [5, 5.41) is 3.48. The first kappa shape index (κ1) is 19.5. The van der Waals surface area contributed by atoms with Crippen LogP contribution in [0.15, 0.2) is 24.3 Å². The molecule has 1 amide bonds. The molecule has 1 heterocycles. The number of nitrogens with one attached hydrogen (secondary N) is 2. The van der Waals surface area contributed by atoms with Gasteiger partial charge in [-0.1, -0.05) is 12.1 Å². The van der Waals surface area contributed by atoms with Gasteiger partial charge in [-0.25, -0.2) is 9.18 Å². The summed E-state index contributed by atoms with van der Waals surface area (Å²) in [6.45, 7) is 2.84. The van der Waals surface area contributed by atoms with Crippen molar-refractivity contribution in [3.05, 3.63) is 51.7 Å². The van der Waals surface area contributed by atoms with Crippen LogP contribution < -0.4 is 10.2 Å². The maximum Gasteiger partial charge on any atom is 0.341 e. The van der Waals surface area contributed by atoms with Gasteiger partial charge in [-0.3, -0.25) is 4.79 Å². The monoisotopic (exact) mass is 391 g/mol. The maximum atomic E-state index is 13.3. The number of ether oxygens (including phenoxy) is 1. The fourth-order valence-electron chi connectivity index (χ4n) is 3.41. The molecule has 2 N–H and O–H groups in total. The largest absolute Gasteiger partial charge is 0.462 e. The van der Waals surface area contributed by atoms with E-state index < -0.39 is 0 Å². The van der Waals surface area contributed by atoms with Crippen molar-refractivity contribution < 1.29 is 23.6 Å². The van der Waals surface area contributed by atoms with E-state index in [-0.39, 0.29) is 24.2 Å². The van der Waals surface area contributed by atoms with Gasteiger partial charge in [-0.2, -0.15) is 0 Å². The van der Waals surface area contributed by atoms with Gasteiger partial charge in [0.1, 0.15) is 17.4 Å². The highest BCUT2D eigenvalue weighted by Gasteiger charge is 2.28. The standard InChI is InChI=1S/C20H23FN2O3S/c1-3-26-20(25)18-15-8-5-9-16(15)27-19(18)22-17(24)12-23(2)11-13-6-4-7-14(21)10-13/h4,6-7,10H,3,5,8-9,11-12H2,1-2H3,(H,22,24)/p+1. The van der Waals surface area contributed by atoms with E-state index in [1.54, 1.807) is 13.0 Å². The molecule has 0 radical (unpaired) electrons. The summed E-state index contributed by atoms with van der Waals surface area (Å²) in [5.74, 6) is -0.820. The SMILES string of the molecule is CCOC(=O)c1c(NC(=O)C[NH+](C)Cc2cccc(F)c2)sc2c1CCC2. The highest BCUT2D eigenvalue weighted by molar-refractivity contribution is 7.17. The van der Waals surface area contributed by atoms with E-state index in [0.717, 1.165) is 40.2 Å². The summed E-state index contributed by atoms with van der Waals surface area (Å²) in [7, 11) is 1.88. The smallest absolute Gasteiger partial charge is 0.341 e. The minimum absolute atomic E-state index is 0.172. The fourth-order valence-corrected chi connectivity index (χ4v) is 4.71. The number of hydrogen-bond acceptors (Lipinski definition) is 4. The number of esters is 1. The molecule has 1 aromatic heterocycles. The predicted molar refractivity (Wildman–Crippen MR) is 103 cm³/mol. The Balaban J connectivity index is 1.66. The zero-order valence-corrected chi connectivity index (χ0v) is 16.4. The summed E-state index contributed by atoms with van der Waals surface area (Å²) in [6.07, 6.45) is 2.82. The average Bonchev–Trinajstić information content (AvgIpc) is 3.15. The van der Waals surface area contributed by atoms with Crippen LogP contribution in [0.5, 0.6) is 0 Å². The van der Waals surface area contributed by atoms with Crippen molar-refractivity contribution in [1.29, 1.82) is 0 Å². The number of carbonyl (C=O) groups is 2. The van der Waals surface area contributed by atoms with Gasteiger partial charge in [0.2, 0.25) is 0 Å². The number of aryl methyl sites for hydroxylation is 1. The molecule has 2 aromatic rings. The van der Waals surface area contributed by atoms with Crippen molar-refractivity contribution in [2.24, 2.45) is 0 Å². The Labute approximate surface area is 162 Å². The molecule has 1 aromatic carbocycles. The Morgan fingerprint density at radius 1 is 1.33 bits per heavy atom. The Hall–Kier alpha value is -2.25. The van der Waals surface area contributed by atoms with Gasteiger partial charge < -0.3 is 15.0 Å². The lowest BCUT2D eigenvalue weighted by molar-refractivity contribution is -0.885. The van der Waals surface area contributed by atoms with E-state index >= 15 is 0 Å². The van der Waals surface area contributed by atoms with Crippen molar-refractivity contribution in [2.45, 2.75) is 32.7 Å². The van der Waals surface area contributed by atoms with Crippen molar-refractivity contribution in [2.75, 3.05) is 25.5 Å². The summed E-state index contributed by atoms with van der Waals surface area (Å²) in [6, 6.07) is 6.38. The van der Waals surface area contributed by atoms with Crippen LogP contribution in [0, 0.1) is 5.82 Å². The molecule has 1 unspecified atom stereocenters. The molecule has 1 aliphatic rings. The minimum atomic E-state index is -0.368. The second-order valence-electron chi connectivity index (χ2n) is 6.77. The van der Waals surface area contributed by atoms with Crippen LogP contribution in [0.2, 0.25) is 0 Å². The molecule has 0 spiro atoms. The van der Waals surface area contributed by atoms with E-state index in [4.69, 9.17) is 4.74 Å². The highest BCUT2D eigenvalue weighted by Crippen LogP contribution is 2.39. The Bertz CT molecular complexity index is 850. The normalized spacial score (nSPS) is 13.9. The van der Waals surface area contributed by atoms with Crippen LogP contribution in [0.3, 0.4) is 0 Å². The van der Waals surface area contributed by atoms with Crippen LogP contribution in [0.4, 0.5) is 9.39 Å². The number of carbonyl (C=O) groups excluding carboxylic acids is 2. The number of likely N-dealkylation sites (N-methyl/N-ethyl adjacent to an activating group) is 1. The Morgan fingerprint density at radius 2 is 2.15 bits per heavy atom. The van der Waals surface area contributed by atoms with E-state index in [0.29, 0.717) is 23.7 Å². The van der Waals surface area contributed by atoms with Crippen LogP contribution in [-0.2, 0) is 28.9 Å². The topological polar surface area (TPSA) is 59.8 Å². The van der Waals surface area contributed by atoms with Gasteiger partial charge in [0.25, 0.3) is 5.91 Å². The molecule has 0 fully saturated rings. The van der Waals surface area contributed by atoms with Gasteiger partial charge in [-0.15, -0.1) is 11.3 Å². The van der Waals surface area contributed by atoms with Gasteiger partial charge in [0.05, 0.1) is 19.2 Å². The molecule has 7 heteroatoms. The molecule has 1 atom stereocenters. The van der Waals surface area contributed by atoms with Crippen LogP contribution in [0.1, 0.15) is 39.7 Å². The van der Waals surface area contributed by atoms with Crippen molar-refractivity contribution in [3.63, 3.8) is 0 Å². The summed E-state index contributed by atoms with van der Waals surface area (Å²) in [5.41, 5.74) is 2.38. The molecule has 5 nitrogen and oxygen atoms in total. The zero-order chi connectivity index (χ0) is 19.4. The van der Waals surface area contributed by atoms with E-state index in [1.165, 1.54) is 23.5 Å². The molecule has 144 valence electrons. The molecular formula is C20H24FN2O3S+. The summed E-state index contributed by atoms with van der Waals surface area (Å²) >= 11 is 1.47. The first-order chi connectivity index (χ1) is 13.0. The molecule has 1 aliphatic carbocycles. The first-order valence-corrected chi connectivity index (χ1v) is 9.96. The number of quaternary nitrogens is 1. The molecule has 0 aliphatic heterocycles. The number of rotatable bonds is 7. The minimum Gasteiger partial charge on any atom is -0.462 e. The molecule has 0 saturated heterocycles. The van der Waals surface area contributed by atoms with Crippen molar-refractivity contribution in [3.8, 4) is 0 Å². The molecule has 27 heavy (non-hydrogen) atoms. The van der Waals surface area contributed by atoms with Gasteiger partial charge >= 0.3 is 5.97 Å². The number of benzene rings is 1. The Kier molecular flexibility index (Phi) is 6.23. The molecule has 3 rings (SSSR count). The first-order valence-electron chi connectivity index (χ1n) is 9.15. The zero-order valence-electron chi connectivity index (χ0n) is 15.6. The van der Waals surface area contributed by atoms with Crippen LogP contribution in [0.25, 0.3) is 0 Å². The molecule has 0 bridgehead atoms. The quantitative estimate of drug-likeness (QED) is 0.712. The predicted octanol–water partition coefficient (Wildman–Crippen LogP) is 2.21. The second-order valence-corrected chi connectivity index (χ2v) is 7.88. The van der Waals surface area contributed by atoms with Gasteiger partial charge in [0, 0.05) is 10.4 Å². The van der Waals surface area contributed by atoms with Crippen LogP contribution >= 0.6 is 11.3 Å². The number of amides is 1. The summed E-state index contributed by atoms with van der Waals surface area (Å²) in [4.78, 5) is 26.9. The van der Waals surface area contributed by atoms with Gasteiger partial charge in [0.15, 0.2) is 6.54 Å². The van der Waals surface area contributed by atoms with Crippen LogP contribution in [-0.4, -0.2) is 32.1 Å². The number of hydrogen-bond donors (Lipinski definition) is 2. The fraction of sp³-hybridized carbons (Fsp3) is 0.400. The number of thiophene rings is 1. The van der Waals surface area contributed by atoms with Gasteiger partial charge in [-0.05, 0) is 43.9 Å². The van der Waals surface area contributed by atoms with E-state index in [2.05, 4.69) is 5.32 Å². The van der Waals surface area contributed by atoms with Crippen molar-refractivity contribution >= 4 is 28.2 Å². The summed E-state index contributed by atoms with van der Waals surface area (Å²) < 4.78 is 18.5. The second kappa shape index (κ2) is 8.63.